The molecule has 3 aromatic rings. The predicted molar refractivity (Wildman–Crippen MR) is 140 cm³/mol. The van der Waals surface area contributed by atoms with Crippen LogP contribution in [-0.2, 0) is 9.47 Å². The van der Waals surface area contributed by atoms with Gasteiger partial charge in [-0.1, -0.05) is 43.5 Å². The Morgan fingerprint density at radius 3 is 2.65 bits per heavy atom. The highest BCUT2D eigenvalue weighted by molar-refractivity contribution is 6.01. The van der Waals surface area contributed by atoms with Gasteiger partial charge in [0.05, 0.1) is 19.1 Å². The summed E-state index contributed by atoms with van der Waals surface area (Å²) in [7, 11) is 0. The van der Waals surface area contributed by atoms with Gasteiger partial charge in [-0.25, -0.2) is 14.8 Å². The van der Waals surface area contributed by atoms with E-state index in [1.54, 1.807) is 0 Å². The highest BCUT2D eigenvalue weighted by Crippen LogP contribution is 2.66. The first-order valence-electron chi connectivity index (χ1n) is 13.1. The molecule has 6 rings (SSSR count). The number of amides is 1. The van der Waals surface area contributed by atoms with E-state index in [9.17, 15) is 10.2 Å². The zero-order valence-electron chi connectivity index (χ0n) is 21.3. The summed E-state index contributed by atoms with van der Waals surface area (Å²) in [6, 6.07) is 8.35. The first kappa shape index (κ1) is 23.8. The number of carbonyl (C=O) groups excluding carboxylic acids is 1. The maximum atomic E-state index is 11.3. The predicted octanol–water partition coefficient (Wildman–Crippen LogP) is 4.19. The second-order valence-corrected chi connectivity index (χ2v) is 10.8. The Hall–Kier alpha value is -3.53. The van der Waals surface area contributed by atoms with Crippen molar-refractivity contribution in [1.29, 1.82) is 0 Å². The lowest BCUT2D eigenvalue weighted by Gasteiger charge is -2.31. The van der Waals surface area contributed by atoms with Crippen LogP contribution in [0.25, 0.3) is 27.8 Å². The third kappa shape index (κ3) is 4.33. The first-order valence-corrected chi connectivity index (χ1v) is 13.1. The molecular formula is C27H32N7O3-. The molecule has 2 aliphatic carbocycles. The number of morpholine rings is 1. The van der Waals surface area contributed by atoms with E-state index < -0.39 is 12.0 Å². The highest BCUT2D eigenvalue weighted by atomic mass is 16.6. The van der Waals surface area contributed by atoms with Crippen LogP contribution in [0.4, 0.5) is 10.7 Å². The number of aromatic nitrogens is 4. The minimum atomic E-state index is -1.13. The van der Waals surface area contributed by atoms with Crippen molar-refractivity contribution in [3.05, 3.63) is 41.1 Å². The van der Waals surface area contributed by atoms with Crippen molar-refractivity contribution in [3.8, 4) is 11.3 Å². The fourth-order valence-corrected chi connectivity index (χ4v) is 6.07. The van der Waals surface area contributed by atoms with Crippen LogP contribution in [-0.4, -0.2) is 57.8 Å². The van der Waals surface area contributed by atoms with Gasteiger partial charge >= 0.3 is 6.09 Å². The Bertz CT molecular complexity index is 1370. The number of hydrogen-bond acceptors (Lipinski definition) is 7. The molecule has 0 radical (unpaired) electrons. The maximum absolute atomic E-state index is 11.3. The number of nitrogens with zero attached hydrogens (tertiary/aromatic N) is 6. The number of benzene rings is 1. The Labute approximate surface area is 215 Å². The number of imidazole rings is 1. The summed E-state index contributed by atoms with van der Waals surface area (Å²) in [5, 5.41) is 10.5. The Balaban J connectivity index is 1.56. The normalized spacial score (nSPS) is 25.4. The lowest BCUT2D eigenvalue weighted by atomic mass is 9.80. The van der Waals surface area contributed by atoms with Gasteiger partial charge < -0.3 is 30.1 Å². The maximum Gasteiger partial charge on any atom is 0.408 e. The van der Waals surface area contributed by atoms with Crippen molar-refractivity contribution in [2.24, 2.45) is 17.1 Å². The molecule has 10 heteroatoms. The van der Waals surface area contributed by atoms with Gasteiger partial charge in [0.2, 0.25) is 5.95 Å². The van der Waals surface area contributed by atoms with Crippen LogP contribution in [0.3, 0.4) is 0 Å². The fourth-order valence-electron chi connectivity index (χ4n) is 6.07. The van der Waals surface area contributed by atoms with E-state index in [0.29, 0.717) is 30.6 Å². The average Bonchev–Trinajstić information content (AvgIpc) is 3.44. The van der Waals surface area contributed by atoms with Gasteiger partial charge in [0.15, 0.2) is 11.5 Å². The number of fused-ring (bicyclic) bond motifs is 1. The first-order chi connectivity index (χ1) is 17.8. The van der Waals surface area contributed by atoms with Crippen molar-refractivity contribution in [2.45, 2.75) is 52.0 Å². The zero-order chi connectivity index (χ0) is 25.7. The monoisotopic (exact) mass is 502 g/mol. The van der Waals surface area contributed by atoms with E-state index in [1.165, 1.54) is 25.7 Å². The summed E-state index contributed by atoms with van der Waals surface area (Å²) >= 11 is 0. The molecule has 1 atom stereocenters. The quantitative estimate of drug-likeness (QED) is 0.418. The van der Waals surface area contributed by atoms with Gasteiger partial charge in [-0.15, -0.1) is 0 Å². The second kappa shape index (κ2) is 9.09. The number of carbonyl (C=O) groups is 1. The highest BCUT2D eigenvalue weighted by Gasteiger charge is 2.57. The molecule has 3 heterocycles. The van der Waals surface area contributed by atoms with Crippen molar-refractivity contribution >= 4 is 29.1 Å². The molecule has 10 nitrogen and oxygen atoms in total. The molecule has 2 aromatic heterocycles. The van der Waals surface area contributed by atoms with Gasteiger partial charge in [-0.05, 0) is 43.6 Å². The number of nitrogens with two attached hydrogens (primary N) is 1. The van der Waals surface area contributed by atoms with Gasteiger partial charge in [0.25, 0.3) is 0 Å². The molecular weight excluding hydrogens is 470 g/mol. The molecule has 1 saturated heterocycles. The van der Waals surface area contributed by atoms with Crippen LogP contribution in [0.1, 0.15) is 56.5 Å². The molecule has 1 spiro atoms. The molecule has 194 valence electrons. The summed E-state index contributed by atoms with van der Waals surface area (Å²) in [6.45, 7) is 7.12. The van der Waals surface area contributed by atoms with E-state index in [4.69, 9.17) is 25.2 Å². The molecule has 3 aliphatic rings. The molecule has 1 aromatic carbocycles. The lowest BCUT2D eigenvalue weighted by molar-refractivity contribution is 0.121. The Morgan fingerprint density at radius 1 is 1.19 bits per heavy atom. The number of aryl methyl sites for hydroxylation is 1. The van der Waals surface area contributed by atoms with Crippen LogP contribution in [0.5, 0.6) is 0 Å². The van der Waals surface area contributed by atoms with Crippen molar-refractivity contribution < 1.29 is 14.3 Å². The molecule has 2 N–H and O–H groups in total. The van der Waals surface area contributed by atoms with E-state index in [1.807, 2.05) is 31.2 Å². The fraction of sp³-hybridized carbons (Fsp3) is 0.519. The summed E-state index contributed by atoms with van der Waals surface area (Å²) in [5.74, 6) is 0.755. The topological polar surface area (TPSA) is 131 Å². The summed E-state index contributed by atoms with van der Waals surface area (Å²) in [6.07, 6.45) is 4.88. The summed E-state index contributed by atoms with van der Waals surface area (Å²) in [5.41, 5.74) is 9.30. The van der Waals surface area contributed by atoms with E-state index in [0.717, 1.165) is 48.0 Å². The molecule has 1 unspecified atom stereocenters. The van der Waals surface area contributed by atoms with Crippen molar-refractivity contribution in [1.82, 2.24) is 19.5 Å². The number of hydrogen-bond donors (Lipinski definition) is 1. The molecule has 3 fully saturated rings. The minimum absolute atomic E-state index is 0.127. The van der Waals surface area contributed by atoms with Gasteiger partial charge in [0, 0.05) is 24.7 Å². The average molecular weight is 503 g/mol. The van der Waals surface area contributed by atoms with Crippen LogP contribution in [0, 0.1) is 18.3 Å². The third-order valence-corrected chi connectivity index (χ3v) is 8.23. The lowest BCUT2D eigenvalue weighted by Crippen LogP contribution is -2.38. The van der Waals surface area contributed by atoms with Crippen LogP contribution >= 0.6 is 0 Å². The standard InChI is InChI=1S/C27H32N7O3/c1-16-6-8-27(9-7-16)15-19(27)34-21-20(18-5-3-4-17(2)14-18)30-24(22(28)37-25(29)35)31-23(21)32-26(34)33-10-12-36-13-11-33/h3-5,14,16,19H,6-13,15H2,1-2H3,(H2,29,35)/q-1. The summed E-state index contributed by atoms with van der Waals surface area (Å²) < 4.78 is 12.7. The summed E-state index contributed by atoms with van der Waals surface area (Å²) in [4.78, 5) is 27.8. The van der Waals surface area contributed by atoms with Crippen LogP contribution in [0.15, 0.2) is 24.3 Å². The largest absolute Gasteiger partial charge is 0.767 e. The van der Waals surface area contributed by atoms with Crippen LogP contribution in [0.2, 0.25) is 0 Å². The molecule has 1 amide bonds. The molecule has 2 saturated carbocycles. The van der Waals surface area contributed by atoms with Gasteiger partial charge in [0.1, 0.15) is 11.2 Å². The second-order valence-electron chi connectivity index (χ2n) is 10.8. The van der Waals surface area contributed by atoms with Gasteiger partial charge in [-0.2, -0.15) is 4.98 Å². The van der Waals surface area contributed by atoms with Crippen molar-refractivity contribution in [3.63, 3.8) is 0 Å². The van der Waals surface area contributed by atoms with Crippen molar-refractivity contribution in [2.75, 3.05) is 31.2 Å². The molecule has 37 heavy (non-hydrogen) atoms. The third-order valence-electron chi connectivity index (χ3n) is 8.23. The smallest absolute Gasteiger partial charge is 0.408 e. The minimum Gasteiger partial charge on any atom is -0.767 e. The van der Waals surface area contributed by atoms with E-state index in [2.05, 4.69) is 21.4 Å². The van der Waals surface area contributed by atoms with Gasteiger partial charge in [-0.3, -0.25) is 0 Å². The van der Waals surface area contributed by atoms with Crippen LogP contribution < -0.4 is 10.6 Å². The number of rotatable bonds is 4. The van der Waals surface area contributed by atoms with E-state index in [-0.39, 0.29) is 11.2 Å². The zero-order valence-corrected chi connectivity index (χ0v) is 21.3. The molecule has 1 aliphatic heterocycles. The Kier molecular flexibility index (Phi) is 5.86. The SMILES string of the molecule is Cc1cccc(-c2nc(C(=[N-])OC(N)=O)nc3nc(N4CCOCC4)n(C4CC45CCC(C)CC5)c23)c1. The number of primary amides is 1. The Morgan fingerprint density at radius 2 is 1.95 bits per heavy atom. The number of anilines is 1. The number of ether oxygens (including phenoxy) is 2. The van der Waals surface area contributed by atoms with E-state index >= 15 is 0 Å². The molecule has 0 bridgehead atoms.